The molecule has 2 aromatic carbocycles. The lowest BCUT2D eigenvalue weighted by Gasteiger charge is -2.04. The van der Waals surface area contributed by atoms with Gasteiger partial charge >= 0.3 is 0 Å². The second kappa shape index (κ2) is 6.13. The second-order valence-electron chi connectivity index (χ2n) is 4.44. The first-order valence-electron chi connectivity index (χ1n) is 6.17. The van der Waals surface area contributed by atoms with Crippen molar-refractivity contribution >= 4 is 60.7 Å². The molecule has 0 bridgehead atoms. The summed E-state index contributed by atoms with van der Waals surface area (Å²) in [6.07, 6.45) is 0. The van der Waals surface area contributed by atoms with E-state index in [1.165, 1.54) is 11.3 Å². The van der Waals surface area contributed by atoms with Crippen LogP contribution in [0.2, 0.25) is 0 Å². The number of rotatable bonds is 3. The van der Waals surface area contributed by atoms with Crippen LogP contribution in [0.5, 0.6) is 0 Å². The zero-order valence-corrected chi connectivity index (χ0v) is 13.9. The number of fused-ring (bicyclic) bond motifs is 1. The number of carbonyl (C=O) groups excluding carboxylic acids is 1. The number of amides is 1. The third-order valence-electron chi connectivity index (χ3n) is 2.97. The number of nitrogens with zero attached hydrogens (tertiary/aromatic N) is 1. The Morgan fingerprint density at radius 2 is 2.00 bits per heavy atom. The molecule has 0 atom stereocenters. The van der Waals surface area contributed by atoms with Crippen molar-refractivity contribution in [2.24, 2.45) is 0 Å². The van der Waals surface area contributed by atoms with Gasteiger partial charge in [-0.05, 0) is 35.0 Å². The molecule has 1 aromatic heterocycles. The van der Waals surface area contributed by atoms with Crippen LogP contribution in [0.25, 0.3) is 10.8 Å². The van der Waals surface area contributed by atoms with Crippen LogP contribution in [0, 0.1) is 0 Å². The second-order valence-corrected chi connectivity index (χ2v) is 6.48. The van der Waals surface area contributed by atoms with Gasteiger partial charge in [-0.1, -0.05) is 28.1 Å². The summed E-state index contributed by atoms with van der Waals surface area (Å²) in [6.45, 7) is 0. The molecule has 3 rings (SSSR count). The zero-order valence-electron chi connectivity index (χ0n) is 10.8. The average molecular weight is 382 g/mol. The van der Waals surface area contributed by atoms with E-state index in [0.29, 0.717) is 16.6 Å². The SMILES string of the molecule is O=C(Nc1nc(CCl)cs1)c1ccc2cc(Br)ccc2c1. The summed E-state index contributed by atoms with van der Waals surface area (Å²) in [5, 5.41) is 7.29. The van der Waals surface area contributed by atoms with Gasteiger partial charge in [-0.3, -0.25) is 10.1 Å². The van der Waals surface area contributed by atoms with Crippen LogP contribution >= 0.6 is 38.9 Å². The molecule has 0 aliphatic carbocycles. The number of halogens is 2. The Labute approximate surface area is 139 Å². The summed E-state index contributed by atoms with van der Waals surface area (Å²) in [5.41, 5.74) is 1.37. The van der Waals surface area contributed by atoms with Crippen molar-refractivity contribution < 1.29 is 4.79 Å². The molecule has 0 spiro atoms. The highest BCUT2D eigenvalue weighted by molar-refractivity contribution is 9.10. The normalized spacial score (nSPS) is 10.8. The molecule has 0 unspecified atom stereocenters. The molecular weight excluding hydrogens is 372 g/mol. The molecular formula is C15H10BrClN2OS. The van der Waals surface area contributed by atoms with E-state index in [1.807, 2.05) is 35.7 Å². The number of benzene rings is 2. The van der Waals surface area contributed by atoms with Crippen LogP contribution in [0.1, 0.15) is 16.1 Å². The van der Waals surface area contributed by atoms with Crippen LogP contribution in [-0.2, 0) is 5.88 Å². The van der Waals surface area contributed by atoms with Gasteiger partial charge < -0.3 is 0 Å². The molecule has 106 valence electrons. The van der Waals surface area contributed by atoms with E-state index in [1.54, 1.807) is 6.07 Å². The first kappa shape index (κ1) is 14.5. The molecule has 0 fully saturated rings. The monoisotopic (exact) mass is 380 g/mol. The van der Waals surface area contributed by atoms with Crippen molar-refractivity contribution in [1.82, 2.24) is 4.98 Å². The van der Waals surface area contributed by atoms with Crippen molar-refractivity contribution in [1.29, 1.82) is 0 Å². The minimum Gasteiger partial charge on any atom is -0.298 e. The van der Waals surface area contributed by atoms with Gasteiger partial charge in [-0.15, -0.1) is 22.9 Å². The third kappa shape index (κ3) is 3.26. The van der Waals surface area contributed by atoms with Crippen molar-refractivity contribution in [2.75, 3.05) is 5.32 Å². The number of hydrogen-bond donors (Lipinski definition) is 1. The minimum atomic E-state index is -0.171. The van der Waals surface area contributed by atoms with Crippen LogP contribution in [0.15, 0.2) is 46.3 Å². The smallest absolute Gasteiger partial charge is 0.257 e. The Kier molecular flexibility index (Phi) is 4.24. The molecule has 6 heteroatoms. The molecule has 1 N–H and O–H groups in total. The van der Waals surface area contributed by atoms with E-state index in [9.17, 15) is 4.79 Å². The number of carbonyl (C=O) groups is 1. The summed E-state index contributed by atoms with van der Waals surface area (Å²) < 4.78 is 1.02. The summed E-state index contributed by atoms with van der Waals surface area (Å²) in [4.78, 5) is 16.5. The number of thiazole rings is 1. The van der Waals surface area contributed by atoms with Crippen molar-refractivity contribution in [3.63, 3.8) is 0 Å². The lowest BCUT2D eigenvalue weighted by Crippen LogP contribution is -2.11. The summed E-state index contributed by atoms with van der Waals surface area (Å²) in [5.74, 6) is 0.173. The number of hydrogen-bond acceptors (Lipinski definition) is 3. The number of anilines is 1. The van der Waals surface area contributed by atoms with Crippen LogP contribution < -0.4 is 5.32 Å². The number of nitrogens with one attached hydrogen (secondary N) is 1. The average Bonchev–Trinajstić information content (AvgIpc) is 2.94. The maximum Gasteiger partial charge on any atom is 0.257 e. The van der Waals surface area contributed by atoms with E-state index in [4.69, 9.17) is 11.6 Å². The predicted molar refractivity (Wildman–Crippen MR) is 91.3 cm³/mol. The van der Waals surface area contributed by atoms with E-state index in [2.05, 4.69) is 26.2 Å². The molecule has 21 heavy (non-hydrogen) atoms. The molecule has 0 aliphatic rings. The molecule has 1 heterocycles. The molecule has 3 nitrogen and oxygen atoms in total. The molecule has 0 saturated carbocycles. The van der Waals surface area contributed by atoms with Gasteiger partial charge in [0.15, 0.2) is 5.13 Å². The van der Waals surface area contributed by atoms with Gasteiger partial charge in [0.05, 0.1) is 11.6 Å². The van der Waals surface area contributed by atoms with Crippen molar-refractivity contribution in [3.8, 4) is 0 Å². The first-order chi connectivity index (χ1) is 10.2. The van der Waals surface area contributed by atoms with Gasteiger partial charge in [0.2, 0.25) is 0 Å². The molecule has 0 saturated heterocycles. The van der Waals surface area contributed by atoms with Crippen LogP contribution in [0.4, 0.5) is 5.13 Å². The van der Waals surface area contributed by atoms with Gasteiger partial charge in [-0.25, -0.2) is 4.98 Å². The molecule has 3 aromatic rings. The fourth-order valence-electron chi connectivity index (χ4n) is 1.95. The Balaban J connectivity index is 1.85. The van der Waals surface area contributed by atoms with Crippen LogP contribution in [-0.4, -0.2) is 10.9 Å². The van der Waals surface area contributed by atoms with E-state index < -0.39 is 0 Å². The van der Waals surface area contributed by atoms with Gasteiger partial charge in [-0.2, -0.15) is 0 Å². The number of alkyl halides is 1. The predicted octanol–water partition coefficient (Wildman–Crippen LogP) is 5.05. The standard InChI is InChI=1S/C15H10BrClN2OS/c16-12-4-3-9-5-11(2-1-10(9)6-12)14(20)19-15-18-13(7-17)8-21-15/h1-6,8H,7H2,(H,18,19,20). The third-order valence-corrected chi connectivity index (χ3v) is 4.55. The number of aromatic nitrogens is 1. The fourth-order valence-corrected chi connectivity index (χ4v) is 3.27. The molecule has 1 amide bonds. The van der Waals surface area contributed by atoms with Gasteiger partial charge in [0.1, 0.15) is 0 Å². The Bertz CT molecular complexity index is 818. The highest BCUT2D eigenvalue weighted by atomic mass is 79.9. The molecule has 0 radical (unpaired) electrons. The first-order valence-corrected chi connectivity index (χ1v) is 8.37. The van der Waals surface area contributed by atoms with Gasteiger partial charge in [0, 0.05) is 15.4 Å². The largest absolute Gasteiger partial charge is 0.298 e. The van der Waals surface area contributed by atoms with Crippen molar-refractivity contribution in [2.45, 2.75) is 5.88 Å². The molecule has 0 aliphatic heterocycles. The van der Waals surface area contributed by atoms with Crippen LogP contribution in [0.3, 0.4) is 0 Å². The lowest BCUT2D eigenvalue weighted by molar-refractivity contribution is 0.102. The Hall–Kier alpha value is -1.43. The van der Waals surface area contributed by atoms with E-state index in [-0.39, 0.29) is 5.91 Å². The fraction of sp³-hybridized carbons (Fsp3) is 0.0667. The quantitative estimate of drug-likeness (QED) is 0.645. The highest BCUT2D eigenvalue weighted by Crippen LogP contribution is 2.22. The zero-order chi connectivity index (χ0) is 14.8. The maximum atomic E-state index is 12.2. The summed E-state index contributed by atoms with van der Waals surface area (Å²) in [7, 11) is 0. The lowest BCUT2D eigenvalue weighted by atomic mass is 10.1. The minimum absolute atomic E-state index is 0.171. The summed E-state index contributed by atoms with van der Waals surface area (Å²) >= 11 is 10.5. The van der Waals surface area contributed by atoms with E-state index in [0.717, 1.165) is 20.9 Å². The topological polar surface area (TPSA) is 42.0 Å². The van der Waals surface area contributed by atoms with Crippen molar-refractivity contribution in [3.05, 3.63) is 57.5 Å². The Morgan fingerprint density at radius 3 is 2.76 bits per heavy atom. The summed E-state index contributed by atoms with van der Waals surface area (Å²) in [6, 6.07) is 11.6. The maximum absolute atomic E-state index is 12.2. The highest BCUT2D eigenvalue weighted by Gasteiger charge is 2.09. The Morgan fingerprint density at radius 1 is 1.24 bits per heavy atom. The van der Waals surface area contributed by atoms with Gasteiger partial charge in [0.25, 0.3) is 5.91 Å². The van der Waals surface area contributed by atoms with E-state index >= 15 is 0 Å².